The molecule has 0 N–H and O–H groups in total. The second kappa shape index (κ2) is 23.7. The Hall–Kier alpha value is -0.0400. The first-order valence-corrected chi connectivity index (χ1v) is 16.1. The number of unbranched alkanes of at least 4 members (excludes halogenated alkanes) is 15. The van der Waals surface area contributed by atoms with Gasteiger partial charge in [0.25, 0.3) is 0 Å². The lowest BCUT2D eigenvalue weighted by atomic mass is 9.93. The average Bonchev–Trinajstić information content (AvgIpc) is 2.85. The molecule has 0 aromatic carbocycles. The van der Waals surface area contributed by atoms with Gasteiger partial charge < -0.3 is 4.90 Å². The highest BCUT2D eigenvalue weighted by molar-refractivity contribution is 4.76. The Balaban J connectivity index is 1.82. The van der Waals surface area contributed by atoms with E-state index in [1.165, 1.54) is 174 Å². The first-order valence-electron chi connectivity index (χ1n) is 16.1. The molecule has 0 aromatic heterocycles. The highest BCUT2D eigenvalue weighted by Crippen LogP contribution is 2.24. The van der Waals surface area contributed by atoms with Crippen molar-refractivity contribution in [1.82, 2.24) is 4.90 Å². The number of hydrogen-bond acceptors (Lipinski definition) is 1. The van der Waals surface area contributed by atoms with E-state index < -0.39 is 0 Å². The molecular weight excluding hydrogens is 398 g/mol. The maximum atomic E-state index is 2.87. The molecule has 1 rings (SSSR count). The zero-order chi connectivity index (χ0) is 23.8. The molecule has 1 aliphatic carbocycles. The van der Waals surface area contributed by atoms with Crippen LogP contribution in [0.5, 0.6) is 0 Å². The topological polar surface area (TPSA) is 3.24 Å². The molecule has 0 aliphatic heterocycles. The predicted octanol–water partition coefficient (Wildman–Crippen LogP) is 11.1. The fourth-order valence-electron chi connectivity index (χ4n) is 6.03. The summed E-state index contributed by atoms with van der Waals surface area (Å²) in [5.41, 5.74) is 0. The largest absolute Gasteiger partial charge is 0.300 e. The molecule has 1 saturated carbocycles. The van der Waals surface area contributed by atoms with Gasteiger partial charge in [-0.1, -0.05) is 156 Å². The monoisotopic (exact) mass is 464 g/mol. The third kappa shape index (κ3) is 18.0. The van der Waals surface area contributed by atoms with Gasteiger partial charge in [0.15, 0.2) is 0 Å². The molecule has 1 aliphatic rings. The van der Waals surface area contributed by atoms with Crippen molar-refractivity contribution in [2.45, 2.75) is 187 Å². The van der Waals surface area contributed by atoms with Gasteiger partial charge in [0.05, 0.1) is 0 Å². The van der Waals surface area contributed by atoms with Crippen LogP contribution in [0.4, 0.5) is 0 Å². The summed E-state index contributed by atoms with van der Waals surface area (Å²) in [5.74, 6) is 0.997. The Morgan fingerprint density at radius 2 is 0.939 bits per heavy atom. The van der Waals surface area contributed by atoms with Gasteiger partial charge in [-0.25, -0.2) is 0 Å². The van der Waals surface area contributed by atoms with E-state index in [0.29, 0.717) is 0 Å². The fraction of sp³-hybridized carbons (Fsp3) is 1.00. The first-order chi connectivity index (χ1) is 16.3. The van der Waals surface area contributed by atoms with Gasteiger partial charge in [-0.3, -0.25) is 0 Å². The quantitative estimate of drug-likeness (QED) is 0.129. The summed E-state index contributed by atoms with van der Waals surface area (Å²) in [5, 5.41) is 0. The highest BCUT2D eigenvalue weighted by Gasteiger charge is 2.19. The van der Waals surface area contributed by atoms with Crippen molar-refractivity contribution in [3.8, 4) is 0 Å². The Morgan fingerprint density at radius 1 is 0.515 bits per heavy atom. The summed E-state index contributed by atoms with van der Waals surface area (Å²) >= 11 is 0. The normalized spacial score (nSPS) is 15.2. The van der Waals surface area contributed by atoms with Crippen molar-refractivity contribution in [2.24, 2.45) is 5.92 Å². The highest BCUT2D eigenvalue weighted by atomic mass is 15.1. The van der Waals surface area contributed by atoms with E-state index in [2.05, 4.69) is 25.7 Å². The molecule has 198 valence electrons. The van der Waals surface area contributed by atoms with E-state index in [4.69, 9.17) is 0 Å². The van der Waals surface area contributed by atoms with E-state index in [-0.39, 0.29) is 0 Å². The van der Waals surface area contributed by atoms with Crippen LogP contribution >= 0.6 is 0 Å². The minimum absolute atomic E-state index is 0.921. The maximum absolute atomic E-state index is 2.87. The molecule has 0 heterocycles. The smallest absolute Gasteiger partial charge is 0.00952 e. The third-order valence-corrected chi connectivity index (χ3v) is 8.60. The summed E-state index contributed by atoms with van der Waals surface area (Å²) in [7, 11) is 0. The van der Waals surface area contributed by atoms with Crippen LogP contribution in [0, 0.1) is 5.92 Å². The lowest BCUT2D eigenvalue weighted by Crippen LogP contribution is -2.38. The van der Waals surface area contributed by atoms with Crippen LogP contribution in [0.2, 0.25) is 0 Å². The van der Waals surface area contributed by atoms with E-state index in [1.54, 1.807) is 0 Å². The van der Waals surface area contributed by atoms with Crippen LogP contribution in [0.1, 0.15) is 181 Å². The third-order valence-electron chi connectivity index (χ3n) is 8.60. The molecule has 0 bridgehead atoms. The van der Waals surface area contributed by atoms with Gasteiger partial charge in [-0.05, 0) is 44.7 Å². The van der Waals surface area contributed by atoms with Gasteiger partial charge in [-0.15, -0.1) is 0 Å². The summed E-state index contributed by atoms with van der Waals surface area (Å²) in [6, 6.07) is 0.921. The van der Waals surface area contributed by atoms with Crippen molar-refractivity contribution < 1.29 is 0 Å². The Bertz CT molecular complexity index is 369. The van der Waals surface area contributed by atoms with Crippen LogP contribution in [0.15, 0.2) is 0 Å². The van der Waals surface area contributed by atoms with Gasteiger partial charge >= 0.3 is 0 Å². The molecule has 0 saturated heterocycles. The Kier molecular flexibility index (Phi) is 22.2. The number of hydrogen-bond donors (Lipinski definition) is 0. The van der Waals surface area contributed by atoms with Crippen molar-refractivity contribution in [2.75, 3.05) is 13.1 Å². The van der Waals surface area contributed by atoms with E-state index in [0.717, 1.165) is 12.0 Å². The lowest BCUT2D eigenvalue weighted by molar-refractivity contribution is 0.150. The molecule has 0 atom stereocenters. The van der Waals surface area contributed by atoms with Crippen molar-refractivity contribution in [1.29, 1.82) is 0 Å². The second-order valence-electron chi connectivity index (χ2n) is 11.5. The standard InChI is InChI=1S/C32H65N/c1-4-7-29-33(32-27-23-21-24-28-32)30-25-20-18-16-14-12-10-8-9-11-13-15-17-19-22-26-31(5-2)6-3/h31-32H,4-30H2,1-3H3. The van der Waals surface area contributed by atoms with Crippen LogP contribution < -0.4 is 0 Å². The number of nitrogens with zero attached hydrogens (tertiary/aromatic N) is 1. The first kappa shape index (κ1) is 31.0. The molecule has 0 aromatic rings. The zero-order valence-corrected chi connectivity index (χ0v) is 23.7. The molecule has 0 unspecified atom stereocenters. The summed E-state index contributed by atoms with van der Waals surface area (Å²) in [6.45, 7) is 9.80. The van der Waals surface area contributed by atoms with Crippen LogP contribution in [0.25, 0.3) is 0 Å². The fourth-order valence-corrected chi connectivity index (χ4v) is 6.03. The molecular formula is C32H65N. The maximum Gasteiger partial charge on any atom is 0.00952 e. The van der Waals surface area contributed by atoms with Crippen molar-refractivity contribution in [3.63, 3.8) is 0 Å². The SMILES string of the molecule is CCCCN(CCCCCCCCCCCCCCCCCC(CC)CC)C1CCCCC1. The molecule has 1 nitrogen and oxygen atoms in total. The molecule has 0 spiro atoms. The Morgan fingerprint density at radius 3 is 1.39 bits per heavy atom. The van der Waals surface area contributed by atoms with E-state index >= 15 is 0 Å². The van der Waals surface area contributed by atoms with Crippen LogP contribution in [-0.2, 0) is 0 Å². The van der Waals surface area contributed by atoms with Gasteiger partial charge in [-0.2, -0.15) is 0 Å². The van der Waals surface area contributed by atoms with Crippen molar-refractivity contribution >= 4 is 0 Å². The van der Waals surface area contributed by atoms with Gasteiger partial charge in [0.1, 0.15) is 0 Å². The Labute approximate surface area is 211 Å². The summed E-state index contributed by atoms with van der Waals surface area (Å²) in [6.07, 6.45) is 36.6. The molecule has 1 heteroatoms. The minimum Gasteiger partial charge on any atom is -0.300 e. The average molecular weight is 464 g/mol. The van der Waals surface area contributed by atoms with Gasteiger partial charge in [0.2, 0.25) is 0 Å². The minimum atomic E-state index is 0.921. The molecule has 0 amide bonds. The number of rotatable bonds is 24. The lowest BCUT2D eigenvalue weighted by Gasteiger charge is -2.34. The van der Waals surface area contributed by atoms with Crippen molar-refractivity contribution in [3.05, 3.63) is 0 Å². The van der Waals surface area contributed by atoms with Gasteiger partial charge in [0, 0.05) is 6.04 Å². The van der Waals surface area contributed by atoms with E-state index in [9.17, 15) is 0 Å². The van der Waals surface area contributed by atoms with Crippen LogP contribution in [-0.4, -0.2) is 24.0 Å². The van der Waals surface area contributed by atoms with E-state index in [1.807, 2.05) is 0 Å². The predicted molar refractivity (Wildman–Crippen MR) is 151 cm³/mol. The molecule has 1 fully saturated rings. The molecule has 33 heavy (non-hydrogen) atoms. The summed E-state index contributed by atoms with van der Waals surface area (Å²) in [4.78, 5) is 2.87. The molecule has 0 radical (unpaired) electrons. The second-order valence-corrected chi connectivity index (χ2v) is 11.5. The van der Waals surface area contributed by atoms with Crippen LogP contribution in [0.3, 0.4) is 0 Å². The summed E-state index contributed by atoms with van der Waals surface area (Å²) < 4.78 is 0. The zero-order valence-electron chi connectivity index (χ0n) is 23.7.